The number of carbonyl (C=O) groups is 1. The molecule has 1 aliphatic rings. The first-order valence-corrected chi connectivity index (χ1v) is 11.0. The van der Waals surface area contributed by atoms with Gasteiger partial charge in [0, 0.05) is 16.9 Å². The van der Waals surface area contributed by atoms with Gasteiger partial charge in [-0.05, 0) is 37.1 Å². The van der Waals surface area contributed by atoms with Gasteiger partial charge >= 0.3 is 5.97 Å². The standard InChI is InChI=1S/C26H28FNO3/c1-30-25(29)26(27,20-9-4-2-3-5-10-20)21-13-16-23(17-14-21)31-18-22-15-12-19-8-6-7-11-24(19)28-22/h6-8,11-17,20H,2-5,9-10,18H2,1H3. The lowest BCUT2D eigenvalue weighted by molar-refractivity contribution is -0.160. The molecule has 1 heterocycles. The summed E-state index contributed by atoms with van der Waals surface area (Å²) in [5.74, 6) is -0.573. The molecule has 1 fully saturated rings. The van der Waals surface area contributed by atoms with Gasteiger partial charge in [-0.3, -0.25) is 0 Å². The Hall–Kier alpha value is -2.95. The van der Waals surface area contributed by atoms with Crippen LogP contribution in [0, 0.1) is 5.92 Å². The largest absolute Gasteiger partial charge is 0.487 e. The lowest BCUT2D eigenvalue weighted by Gasteiger charge is -2.31. The van der Waals surface area contributed by atoms with E-state index in [4.69, 9.17) is 9.47 Å². The molecule has 0 bridgehead atoms. The number of esters is 1. The molecule has 4 rings (SSSR count). The summed E-state index contributed by atoms with van der Waals surface area (Å²) in [5, 5.41) is 1.08. The van der Waals surface area contributed by atoms with E-state index in [2.05, 4.69) is 4.98 Å². The van der Waals surface area contributed by atoms with Gasteiger partial charge in [0.2, 0.25) is 5.67 Å². The van der Waals surface area contributed by atoms with Crippen LogP contribution in [-0.4, -0.2) is 18.1 Å². The molecule has 0 N–H and O–H groups in total. The third kappa shape index (κ3) is 4.55. The number of alkyl halides is 1. The van der Waals surface area contributed by atoms with Crippen molar-refractivity contribution >= 4 is 16.9 Å². The van der Waals surface area contributed by atoms with Crippen molar-refractivity contribution in [2.24, 2.45) is 5.92 Å². The molecule has 2 aromatic carbocycles. The van der Waals surface area contributed by atoms with Crippen molar-refractivity contribution in [3.05, 3.63) is 71.9 Å². The maximum atomic E-state index is 16.2. The molecular formula is C26H28FNO3. The number of para-hydroxylation sites is 1. The SMILES string of the molecule is COC(=O)C(F)(c1ccc(OCc2ccc3ccccc3n2)cc1)C1CCCCCC1. The Kier molecular flexibility index (Phi) is 6.50. The van der Waals surface area contributed by atoms with Crippen molar-refractivity contribution in [3.8, 4) is 5.75 Å². The highest BCUT2D eigenvalue weighted by molar-refractivity contribution is 5.81. The minimum absolute atomic E-state index is 0.310. The molecule has 3 aromatic rings. The van der Waals surface area contributed by atoms with Gasteiger partial charge in [0.15, 0.2) is 0 Å². The van der Waals surface area contributed by atoms with Crippen LogP contribution in [0.4, 0.5) is 4.39 Å². The van der Waals surface area contributed by atoms with Crippen LogP contribution in [0.15, 0.2) is 60.7 Å². The van der Waals surface area contributed by atoms with Crippen molar-refractivity contribution < 1.29 is 18.7 Å². The predicted octanol–water partition coefficient (Wildman–Crippen LogP) is 6.12. The number of carbonyl (C=O) groups excluding carboxylic acids is 1. The zero-order valence-electron chi connectivity index (χ0n) is 17.9. The fraction of sp³-hybridized carbons (Fsp3) is 0.385. The zero-order chi connectivity index (χ0) is 21.7. The average molecular weight is 422 g/mol. The molecule has 1 atom stereocenters. The summed E-state index contributed by atoms with van der Waals surface area (Å²) in [6.45, 7) is 0.310. The first-order valence-electron chi connectivity index (χ1n) is 11.0. The Morgan fingerprint density at radius 3 is 2.42 bits per heavy atom. The number of ether oxygens (including phenoxy) is 2. The molecule has 0 amide bonds. The number of benzene rings is 2. The number of hydrogen-bond donors (Lipinski definition) is 0. The van der Waals surface area contributed by atoms with Crippen LogP contribution < -0.4 is 4.74 Å². The van der Waals surface area contributed by atoms with Crippen molar-refractivity contribution in [2.45, 2.75) is 50.8 Å². The zero-order valence-corrected chi connectivity index (χ0v) is 17.9. The minimum atomic E-state index is -2.13. The molecule has 0 spiro atoms. The van der Waals surface area contributed by atoms with E-state index in [0.29, 0.717) is 30.8 Å². The highest BCUT2D eigenvalue weighted by atomic mass is 19.1. The smallest absolute Gasteiger partial charge is 0.348 e. The summed E-state index contributed by atoms with van der Waals surface area (Å²) in [4.78, 5) is 17.1. The Labute approximate surface area is 182 Å². The lowest BCUT2D eigenvalue weighted by atomic mass is 9.78. The molecule has 31 heavy (non-hydrogen) atoms. The first kappa shape index (κ1) is 21.3. The van der Waals surface area contributed by atoms with Crippen LogP contribution in [0.25, 0.3) is 10.9 Å². The number of methoxy groups -OCH3 is 1. The van der Waals surface area contributed by atoms with Crippen LogP contribution in [0.3, 0.4) is 0 Å². The first-order chi connectivity index (χ1) is 15.1. The molecular weight excluding hydrogens is 393 g/mol. The highest BCUT2D eigenvalue weighted by Crippen LogP contribution is 2.43. The average Bonchev–Trinajstić information content (AvgIpc) is 3.12. The number of nitrogens with zero attached hydrogens (tertiary/aromatic N) is 1. The van der Waals surface area contributed by atoms with Gasteiger partial charge in [0.05, 0.1) is 18.3 Å². The Bertz CT molecular complexity index is 1030. The molecule has 1 aliphatic carbocycles. The van der Waals surface area contributed by atoms with Crippen molar-refractivity contribution in [1.29, 1.82) is 0 Å². The number of halogens is 1. The predicted molar refractivity (Wildman–Crippen MR) is 119 cm³/mol. The van der Waals surface area contributed by atoms with Gasteiger partial charge in [-0.1, -0.05) is 62.1 Å². The van der Waals surface area contributed by atoms with Gasteiger partial charge in [0.25, 0.3) is 0 Å². The molecule has 162 valence electrons. The van der Waals surface area contributed by atoms with Crippen molar-refractivity contribution in [3.63, 3.8) is 0 Å². The second-order valence-electron chi connectivity index (χ2n) is 8.20. The fourth-order valence-corrected chi connectivity index (χ4v) is 4.49. The Morgan fingerprint density at radius 1 is 1.00 bits per heavy atom. The molecule has 0 saturated heterocycles. The van der Waals surface area contributed by atoms with Gasteiger partial charge in [-0.2, -0.15) is 0 Å². The number of aromatic nitrogens is 1. The Morgan fingerprint density at radius 2 is 1.71 bits per heavy atom. The second-order valence-corrected chi connectivity index (χ2v) is 8.20. The van der Waals surface area contributed by atoms with Crippen molar-refractivity contribution in [2.75, 3.05) is 7.11 Å². The van der Waals surface area contributed by atoms with E-state index in [1.807, 2.05) is 36.4 Å². The summed E-state index contributed by atoms with van der Waals surface area (Å²) in [6, 6.07) is 18.6. The van der Waals surface area contributed by atoms with E-state index in [1.54, 1.807) is 24.3 Å². The number of fused-ring (bicyclic) bond motifs is 1. The van der Waals surface area contributed by atoms with E-state index in [9.17, 15) is 4.79 Å². The van der Waals surface area contributed by atoms with Crippen LogP contribution >= 0.6 is 0 Å². The molecule has 1 unspecified atom stereocenters. The van der Waals surface area contributed by atoms with Crippen LogP contribution in [0.5, 0.6) is 5.75 Å². The van der Waals surface area contributed by atoms with Crippen LogP contribution in [0.1, 0.15) is 49.8 Å². The van der Waals surface area contributed by atoms with Crippen LogP contribution in [0.2, 0.25) is 0 Å². The molecule has 5 heteroatoms. The summed E-state index contributed by atoms with van der Waals surface area (Å²) < 4.78 is 26.9. The van der Waals surface area contributed by atoms with E-state index < -0.39 is 11.6 Å². The summed E-state index contributed by atoms with van der Waals surface area (Å²) in [5.41, 5.74) is -0.0574. The maximum Gasteiger partial charge on any atom is 0.348 e. The summed E-state index contributed by atoms with van der Waals surface area (Å²) in [6.07, 6.45) is 5.43. The Balaban J connectivity index is 1.50. The molecule has 4 nitrogen and oxygen atoms in total. The monoisotopic (exact) mass is 421 g/mol. The lowest BCUT2D eigenvalue weighted by Crippen LogP contribution is -2.40. The van der Waals surface area contributed by atoms with Gasteiger partial charge in [-0.25, -0.2) is 14.2 Å². The van der Waals surface area contributed by atoms with Crippen molar-refractivity contribution in [1.82, 2.24) is 4.98 Å². The normalized spacial score (nSPS) is 17.0. The van der Waals surface area contributed by atoms with E-state index in [1.165, 1.54) is 7.11 Å². The molecule has 0 radical (unpaired) electrons. The maximum absolute atomic E-state index is 16.2. The van der Waals surface area contributed by atoms with Gasteiger partial charge in [-0.15, -0.1) is 0 Å². The third-order valence-electron chi connectivity index (χ3n) is 6.22. The number of pyridine rings is 1. The number of rotatable bonds is 6. The molecule has 0 aliphatic heterocycles. The quantitative estimate of drug-likeness (QED) is 0.355. The van der Waals surface area contributed by atoms with E-state index in [-0.39, 0.29) is 5.92 Å². The highest BCUT2D eigenvalue weighted by Gasteiger charge is 2.48. The fourth-order valence-electron chi connectivity index (χ4n) is 4.49. The van der Waals surface area contributed by atoms with Crippen LogP contribution in [-0.2, 0) is 21.8 Å². The topological polar surface area (TPSA) is 48.4 Å². The van der Waals surface area contributed by atoms with Gasteiger partial charge in [0.1, 0.15) is 12.4 Å². The van der Waals surface area contributed by atoms with Gasteiger partial charge < -0.3 is 9.47 Å². The third-order valence-corrected chi connectivity index (χ3v) is 6.22. The summed E-state index contributed by atoms with van der Waals surface area (Å²) >= 11 is 0. The minimum Gasteiger partial charge on any atom is -0.487 e. The van der Waals surface area contributed by atoms with E-state index >= 15 is 4.39 Å². The second kappa shape index (κ2) is 9.46. The molecule has 1 saturated carbocycles. The summed E-state index contributed by atoms with van der Waals surface area (Å²) in [7, 11) is 1.25. The molecule has 1 aromatic heterocycles. The van der Waals surface area contributed by atoms with E-state index in [0.717, 1.165) is 42.3 Å². The number of hydrogen-bond acceptors (Lipinski definition) is 4.